The first kappa shape index (κ1) is 15.8. The minimum atomic E-state index is -4.64. The highest BCUT2D eigenvalue weighted by Gasteiger charge is 2.35. The van der Waals surface area contributed by atoms with Crippen LogP contribution in [0.4, 0.5) is 18.9 Å². The summed E-state index contributed by atoms with van der Waals surface area (Å²) < 4.78 is 39.4. The van der Waals surface area contributed by atoms with Gasteiger partial charge in [0.2, 0.25) is 5.91 Å². The van der Waals surface area contributed by atoms with Crippen molar-refractivity contribution in [3.05, 3.63) is 34.2 Å². The van der Waals surface area contributed by atoms with E-state index in [1.807, 2.05) is 0 Å². The van der Waals surface area contributed by atoms with Gasteiger partial charge in [0.15, 0.2) is 0 Å². The molecule has 0 saturated carbocycles. The quantitative estimate of drug-likeness (QED) is 0.749. The molecule has 6 N–H and O–H groups in total. The second kappa shape index (κ2) is 5.34. The van der Waals surface area contributed by atoms with Gasteiger partial charge < -0.3 is 17.2 Å². The summed E-state index contributed by atoms with van der Waals surface area (Å²) in [6.07, 6.45) is -2.39. The van der Waals surface area contributed by atoms with E-state index in [-0.39, 0.29) is 26.2 Å². The predicted octanol–water partition coefficient (Wildman–Crippen LogP) is 2.10. The number of nitrogen functional groups attached to an aromatic ring is 1. The van der Waals surface area contributed by atoms with Gasteiger partial charge in [-0.1, -0.05) is 6.07 Å². The first-order valence-electron chi connectivity index (χ1n) is 5.82. The smallest absolute Gasteiger partial charge is 0.397 e. The molecule has 0 aliphatic carbocycles. The van der Waals surface area contributed by atoms with Crippen molar-refractivity contribution in [1.82, 2.24) is 0 Å². The molecule has 1 aromatic carbocycles. The molecule has 1 heterocycles. The van der Waals surface area contributed by atoms with Crippen LogP contribution in [-0.2, 0) is 11.0 Å². The topological polar surface area (TPSA) is 112 Å². The Balaban J connectivity index is 2.85. The fourth-order valence-corrected chi connectivity index (χ4v) is 3.06. The average Bonchev–Trinajstić information content (AvgIpc) is 2.73. The van der Waals surface area contributed by atoms with E-state index in [4.69, 9.17) is 17.2 Å². The van der Waals surface area contributed by atoms with Crippen LogP contribution in [-0.4, -0.2) is 11.8 Å². The highest BCUT2D eigenvalue weighted by Crippen LogP contribution is 2.44. The number of hydrogen-bond acceptors (Lipinski definition) is 4. The molecule has 116 valence electrons. The lowest BCUT2D eigenvalue weighted by Gasteiger charge is -2.10. The summed E-state index contributed by atoms with van der Waals surface area (Å²) in [7, 11) is 0. The Kier molecular flexibility index (Phi) is 3.84. The number of primary amides is 2. The zero-order chi connectivity index (χ0) is 16.7. The Bertz CT molecular complexity index is 809. The first-order valence-corrected chi connectivity index (χ1v) is 6.64. The van der Waals surface area contributed by atoms with Gasteiger partial charge in [0.25, 0.3) is 5.91 Å². The summed E-state index contributed by atoms with van der Waals surface area (Å²) in [6, 6.07) is 2.00. The molecule has 9 heteroatoms. The highest BCUT2D eigenvalue weighted by atomic mass is 32.1. The molecular formula is C13H10F3N3O2S. The molecule has 0 unspecified atom stereocenters. The Labute approximate surface area is 126 Å². The SMILES string of the molecule is NC(=O)/C=C/c1ccc(C(F)(F)F)c2c(N)c(C(N)=O)sc12. The standard InChI is InChI=1S/C13H10F3N3O2S/c14-13(15,16)6-3-1-5(2-4-7(17)20)10-8(6)9(18)11(22-10)12(19)21/h1-4H,18H2,(H2,17,20)(H2,19,21)/b4-2+. The fraction of sp³-hybridized carbons (Fsp3) is 0.0769. The summed E-state index contributed by atoms with van der Waals surface area (Å²) in [4.78, 5) is 21.9. The molecule has 22 heavy (non-hydrogen) atoms. The Morgan fingerprint density at radius 2 is 1.82 bits per heavy atom. The number of carbonyl (C=O) groups excluding carboxylic acids is 2. The summed E-state index contributed by atoms with van der Waals surface area (Å²) in [6.45, 7) is 0. The number of hydrogen-bond donors (Lipinski definition) is 3. The van der Waals surface area contributed by atoms with Gasteiger partial charge in [0, 0.05) is 16.2 Å². The van der Waals surface area contributed by atoms with E-state index in [0.717, 1.165) is 23.5 Å². The van der Waals surface area contributed by atoms with Crippen molar-refractivity contribution in [2.24, 2.45) is 11.5 Å². The van der Waals surface area contributed by atoms with E-state index < -0.39 is 23.6 Å². The molecule has 5 nitrogen and oxygen atoms in total. The minimum absolute atomic E-state index is 0.110. The summed E-state index contributed by atoms with van der Waals surface area (Å²) in [5.41, 5.74) is 14.7. The van der Waals surface area contributed by atoms with Crippen LogP contribution in [0.3, 0.4) is 0 Å². The maximum atomic E-state index is 13.1. The van der Waals surface area contributed by atoms with Gasteiger partial charge in [-0.2, -0.15) is 13.2 Å². The molecule has 0 bridgehead atoms. The fourth-order valence-electron chi connectivity index (χ4n) is 1.97. The normalized spacial score (nSPS) is 12.1. The molecule has 0 fully saturated rings. The largest absolute Gasteiger partial charge is 0.417 e. The Morgan fingerprint density at radius 1 is 1.18 bits per heavy atom. The van der Waals surface area contributed by atoms with E-state index >= 15 is 0 Å². The number of fused-ring (bicyclic) bond motifs is 1. The number of halogens is 3. The second-order valence-electron chi connectivity index (χ2n) is 4.35. The Morgan fingerprint density at radius 3 is 2.32 bits per heavy atom. The Hall–Kier alpha value is -2.55. The molecule has 0 spiro atoms. The molecule has 0 radical (unpaired) electrons. The average molecular weight is 329 g/mol. The number of alkyl halides is 3. The lowest BCUT2D eigenvalue weighted by atomic mass is 10.0. The van der Waals surface area contributed by atoms with Crippen LogP contribution in [0, 0.1) is 0 Å². The third-order valence-corrected chi connectivity index (χ3v) is 4.13. The van der Waals surface area contributed by atoms with Crippen LogP contribution in [0.25, 0.3) is 16.2 Å². The summed E-state index contributed by atoms with van der Waals surface area (Å²) in [5, 5.41) is -0.307. The van der Waals surface area contributed by atoms with E-state index in [1.165, 1.54) is 12.1 Å². The van der Waals surface area contributed by atoms with Crippen LogP contribution in [0.1, 0.15) is 20.8 Å². The van der Waals surface area contributed by atoms with Crippen LogP contribution in [0.5, 0.6) is 0 Å². The first-order chi connectivity index (χ1) is 10.1. The van der Waals surface area contributed by atoms with Crippen molar-refractivity contribution in [2.45, 2.75) is 6.18 Å². The van der Waals surface area contributed by atoms with Gasteiger partial charge in [0.05, 0.1) is 11.3 Å². The molecule has 0 aliphatic rings. The van der Waals surface area contributed by atoms with Crippen molar-refractivity contribution in [2.75, 3.05) is 5.73 Å². The zero-order valence-corrected chi connectivity index (χ0v) is 11.7. The molecule has 0 aliphatic heterocycles. The zero-order valence-electron chi connectivity index (χ0n) is 10.9. The van der Waals surface area contributed by atoms with Gasteiger partial charge >= 0.3 is 6.18 Å². The summed E-state index contributed by atoms with van der Waals surface area (Å²) >= 11 is 0.738. The monoisotopic (exact) mass is 329 g/mol. The van der Waals surface area contributed by atoms with Crippen molar-refractivity contribution in [3.8, 4) is 0 Å². The summed E-state index contributed by atoms with van der Waals surface area (Å²) in [5.74, 6) is -1.68. The number of nitrogens with two attached hydrogens (primary N) is 3. The van der Waals surface area contributed by atoms with Crippen LogP contribution in [0.2, 0.25) is 0 Å². The van der Waals surface area contributed by atoms with Crippen molar-refractivity contribution in [1.29, 1.82) is 0 Å². The minimum Gasteiger partial charge on any atom is -0.397 e. The molecule has 2 aromatic rings. The third kappa shape index (κ3) is 2.75. The number of thiophene rings is 1. The van der Waals surface area contributed by atoms with Gasteiger partial charge in [-0.3, -0.25) is 9.59 Å². The number of rotatable bonds is 3. The van der Waals surface area contributed by atoms with E-state index in [2.05, 4.69) is 0 Å². The maximum Gasteiger partial charge on any atom is 0.417 e. The van der Waals surface area contributed by atoms with Crippen molar-refractivity contribution >= 4 is 45.0 Å². The second-order valence-corrected chi connectivity index (χ2v) is 5.37. The number of benzene rings is 1. The third-order valence-electron chi connectivity index (χ3n) is 2.86. The maximum absolute atomic E-state index is 13.1. The highest BCUT2D eigenvalue weighted by molar-refractivity contribution is 7.22. The van der Waals surface area contributed by atoms with Crippen molar-refractivity contribution in [3.63, 3.8) is 0 Å². The van der Waals surface area contributed by atoms with E-state index in [0.29, 0.717) is 0 Å². The van der Waals surface area contributed by atoms with Gasteiger partial charge in [-0.25, -0.2) is 0 Å². The van der Waals surface area contributed by atoms with Crippen LogP contribution in [0.15, 0.2) is 18.2 Å². The number of amides is 2. The van der Waals surface area contributed by atoms with Gasteiger partial charge in [0.1, 0.15) is 4.88 Å². The molecule has 0 saturated heterocycles. The van der Waals surface area contributed by atoms with E-state index in [9.17, 15) is 22.8 Å². The lowest BCUT2D eigenvalue weighted by Crippen LogP contribution is -2.11. The predicted molar refractivity (Wildman–Crippen MR) is 78.0 cm³/mol. The van der Waals surface area contributed by atoms with Crippen LogP contribution >= 0.6 is 11.3 Å². The molecular weight excluding hydrogens is 319 g/mol. The molecule has 2 rings (SSSR count). The van der Waals surface area contributed by atoms with Gasteiger partial charge in [-0.15, -0.1) is 11.3 Å². The molecule has 0 atom stereocenters. The number of carbonyl (C=O) groups is 2. The van der Waals surface area contributed by atoms with E-state index in [1.54, 1.807) is 0 Å². The molecule has 2 amide bonds. The number of anilines is 1. The molecule has 1 aromatic heterocycles. The van der Waals surface area contributed by atoms with Crippen LogP contribution < -0.4 is 17.2 Å². The van der Waals surface area contributed by atoms with Crippen molar-refractivity contribution < 1.29 is 22.8 Å². The lowest BCUT2D eigenvalue weighted by molar-refractivity contribution is -0.136. The van der Waals surface area contributed by atoms with Gasteiger partial charge in [-0.05, 0) is 17.7 Å².